The highest BCUT2D eigenvalue weighted by Gasteiger charge is 2.40. The van der Waals surface area contributed by atoms with Gasteiger partial charge in [-0.3, -0.25) is 0 Å². The number of rotatable bonds is 2. The fourth-order valence-corrected chi connectivity index (χ4v) is 1.11. The van der Waals surface area contributed by atoms with Crippen molar-refractivity contribution < 1.29 is 18.3 Å². The Kier molecular flexibility index (Phi) is 2.85. The van der Waals surface area contributed by atoms with E-state index < -0.39 is 18.6 Å². The molecule has 0 aromatic rings. The van der Waals surface area contributed by atoms with Crippen molar-refractivity contribution in [2.75, 3.05) is 19.7 Å². The molecule has 5 heteroatoms. The van der Waals surface area contributed by atoms with Crippen LogP contribution in [-0.4, -0.2) is 36.6 Å². The summed E-state index contributed by atoms with van der Waals surface area (Å²) < 4.78 is 29.8. The molecule has 0 aliphatic carbocycles. The lowest BCUT2D eigenvalue weighted by Crippen LogP contribution is -2.31. The van der Waals surface area contributed by atoms with Crippen LogP contribution >= 0.6 is 0 Å². The standard InChI is InChI=1S/C8H11F2NO2/c1-2-5-13-7(12)11-4-3-8(9,10)6-11/h2H,1,3-6H2. The number of likely N-dealkylation sites (tertiary alicyclic amines) is 1. The molecule has 1 aliphatic rings. The normalized spacial score (nSPS) is 20.0. The number of hydrogen-bond donors (Lipinski definition) is 0. The molecule has 1 heterocycles. The Labute approximate surface area is 75.0 Å². The summed E-state index contributed by atoms with van der Waals surface area (Å²) in [6.45, 7) is 2.92. The van der Waals surface area contributed by atoms with E-state index in [-0.39, 0.29) is 19.6 Å². The second-order valence-corrected chi connectivity index (χ2v) is 2.89. The zero-order valence-electron chi connectivity index (χ0n) is 7.13. The van der Waals surface area contributed by atoms with Gasteiger partial charge >= 0.3 is 6.09 Å². The molecule has 74 valence electrons. The molecule has 1 fully saturated rings. The summed E-state index contributed by atoms with van der Waals surface area (Å²) in [5.41, 5.74) is 0. The van der Waals surface area contributed by atoms with Crippen LogP contribution in [0.25, 0.3) is 0 Å². The van der Waals surface area contributed by atoms with Gasteiger partial charge in [0, 0.05) is 13.0 Å². The first-order valence-corrected chi connectivity index (χ1v) is 3.95. The second-order valence-electron chi connectivity index (χ2n) is 2.89. The Morgan fingerprint density at radius 1 is 1.69 bits per heavy atom. The van der Waals surface area contributed by atoms with Gasteiger partial charge in [0.05, 0.1) is 6.54 Å². The Balaban J connectivity index is 2.37. The zero-order chi connectivity index (χ0) is 9.90. The molecule has 0 saturated carbocycles. The molecule has 1 rings (SSSR count). The summed E-state index contributed by atoms with van der Waals surface area (Å²) in [7, 11) is 0. The lowest BCUT2D eigenvalue weighted by Gasteiger charge is -2.14. The van der Waals surface area contributed by atoms with Gasteiger partial charge in [0.2, 0.25) is 0 Å². The van der Waals surface area contributed by atoms with Gasteiger partial charge in [0.15, 0.2) is 0 Å². The summed E-state index contributed by atoms with van der Waals surface area (Å²) in [6.07, 6.45) is 0.416. The summed E-state index contributed by atoms with van der Waals surface area (Å²) >= 11 is 0. The minimum absolute atomic E-state index is 0.0565. The molecule has 0 atom stereocenters. The van der Waals surface area contributed by atoms with Crippen LogP contribution in [0.2, 0.25) is 0 Å². The molecule has 1 saturated heterocycles. The maximum Gasteiger partial charge on any atom is 0.410 e. The minimum atomic E-state index is -2.76. The van der Waals surface area contributed by atoms with Crippen LogP contribution in [0.4, 0.5) is 13.6 Å². The van der Waals surface area contributed by atoms with Crippen molar-refractivity contribution in [2.45, 2.75) is 12.3 Å². The van der Waals surface area contributed by atoms with Crippen LogP contribution < -0.4 is 0 Å². The molecule has 0 aromatic heterocycles. The second kappa shape index (κ2) is 3.72. The number of carbonyl (C=O) groups is 1. The molecule has 0 bridgehead atoms. The van der Waals surface area contributed by atoms with E-state index in [9.17, 15) is 13.6 Å². The van der Waals surface area contributed by atoms with Gasteiger partial charge in [-0.15, -0.1) is 0 Å². The van der Waals surface area contributed by atoms with Crippen molar-refractivity contribution >= 4 is 6.09 Å². The Morgan fingerprint density at radius 3 is 2.85 bits per heavy atom. The highest BCUT2D eigenvalue weighted by atomic mass is 19.3. The molecule has 13 heavy (non-hydrogen) atoms. The molecule has 1 amide bonds. The Hall–Kier alpha value is -1.13. The van der Waals surface area contributed by atoms with Gasteiger partial charge < -0.3 is 9.64 Å². The minimum Gasteiger partial charge on any atom is -0.445 e. The lowest BCUT2D eigenvalue weighted by molar-refractivity contribution is 0.0113. The first kappa shape index (κ1) is 9.95. The van der Waals surface area contributed by atoms with Gasteiger partial charge in [0.25, 0.3) is 5.92 Å². The van der Waals surface area contributed by atoms with Gasteiger partial charge in [-0.05, 0) is 0 Å². The predicted molar refractivity (Wildman–Crippen MR) is 42.7 cm³/mol. The first-order valence-electron chi connectivity index (χ1n) is 3.95. The smallest absolute Gasteiger partial charge is 0.410 e. The average Bonchev–Trinajstić information content (AvgIpc) is 2.42. The van der Waals surface area contributed by atoms with Crippen LogP contribution in [0.5, 0.6) is 0 Å². The summed E-state index contributed by atoms with van der Waals surface area (Å²) in [6, 6.07) is 0. The predicted octanol–water partition coefficient (Wildman–Crippen LogP) is 1.65. The Bertz CT molecular complexity index is 218. The van der Waals surface area contributed by atoms with E-state index in [0.29, 0.717) is 0 Å². The number of ether oxygens (including phenoxy) is 1. The van der Waals surface area contributed by atoms with Crippen LogP contribution in [0, 0.1) is 0 Å². The molecule has 0 N–H and O–H groups in total. The monoisotopic (exact) mass is 191 g/mol. The highest BCUT2D eigenvalue weighted by molar-refractivity contribution is 5.68. The quantitative estimate of drug-likeness (QED) is 0.621. The fraction of sp³-hybridized carbons (Fsp3) is 0.625. The molecular formula is C8H11F2NO2. The number of amides is 1. The van der Waals surface area contributed by atoms with Gasteiger partial charge in [-0.1, -0.05) is 12.7 Å². The van der Waals surface area contributed by atoms with Crippen molar-refractivity contribution in [1.29, 1.82) is 0 Å². The highest BCUT2D eigenvalue weighted by Crippen LogP contribution is 2.26. The van der Waals surface area contributed by atoms with E-state index in [2.05, 4.69) is 11.3 Å². The van der Waals surface area contributed by atoms with E-state index in [1.54, 1.807) is 0 Å². The molecule has 1 aliphatic heterocycles. The lowest BCUT2D eigenvalue weighted by atomic mass is 10.3. The number of hydrogen-bond acceptors (Lipinski definition) is 2. The van der Waals surface area contributed by atoms with Gasteiger partial charge in [0.1, 0.15) is 6.61 Å². The van der Waals surface area contributed by atoms with Crippen LogP contribution in [0.3, 0.4) is 0 Å². The molecule has 0 unspecified atom stereocenters. The van der Waals surface area contributed by atoms with Crippen molar-refractivity contribution in [2.24, 2.45) is 0 Å². The van der Waals surface area contributed by atoms with Crippen LogP contribution in [0.15, 0.2) is 12.7 Å². The number of nitrogens with zero attached hydrogens (tertiary/aromatic N) is 1. The first-order chi connectivity index (χ1) is 6.05. The van der Waals surface area contributed by atoms with E-state index in [1.165, 1.54) is 6.08 Å². The third-order valence-electron chi connectivity index (χ3n) is 1.75. The van der Waals surface area contributed by atoms with E-state index in [4.69, 9.17) is 0 Å². The Morgan fingerprint density at radius 2 is 2.38 bits per heavy atom. The van der Waals surface area contributed by atoms with Crippen LogP contribution in [0.1, 0.15) is 6.42 Å². The maximum atomic E-state index is 12.6. The average molecular weight is 191 g/mol. The van der Waals surface area contributed by atoms with E-state index in [1.807, 2.05) is 0 Å². The van der Waals surface area contributed by atoms with E-state index in [0.717, 1.165) is 4.90 Å². The number of carbonyl (C=O) groups excluding carboxylic acids is 1. The third-order valence-corrected chi connectivity index (χ3v) is 1.75. The SMILES string of the molecule is C=CCOC(=O)N1CCC(F)(F)C1. The molecule has 0 spiro atoms. The summed E-state index contributed by atoms with van der Waals surface area (Å²) in [5.74, 6) is -2.76. The molecular weight excluding hydrogens is 180 g/mol. The number of alkyl halides is 2. The fourth-order valence-electron chi connectivity index (χ4n) is 1.11. The van der Waals surface area contributed by atoms with Crippen molar-refractivity contribution in [3.8, 4) is 0 Å². The van der Waals surface area contributed by atoms with Gasteiger partial charge in [-0.25, -0.2) is 13.6 Å². The van der Waals surface area contributed by atoms with Crippen molar-refractivity contribution in [3.05, 3.63) is 12.7 Å². The third kappa shape index (κ3) is 2.68. The van der Waals surface area contributed by atoms with E-state index >= 15 is 0 Å². The molecule has 0 radical (unpaired) electrons. The van der Waals surface area contributed by atoms with Crippen molar-refractivity contribution in [1.82, 2.24) is 4.90 Å². The maximum absolute atomic E-state index is 12.6. The largest absolute Gasteiger partial charge is 0.445 e. The van der Waals surface area contributed by atoms with Crippen molar-refractivity contribution in [3.63, 3.8) is 0 Å². The van der Waals surface area contributed by atoms with Crippen LogP contribution in [-0.2, 0) is 4.74 Å². The molecule has 0 aromatic carbocycles. The van der Waals surface area contributed by atoms with Gasteiger partial charge in [-0.2, -0.15) is 0 Å². The number of halogens is 2. The summed E-state index contributed by atoms with van der Waals surface area (Å²) in [4.78, 5) is 12.0. The summed E-state index contributed by atoms with van der Waals surface area (Å²) in [5, 5.41) is 0. The zero-order valence-corrected chi connectivity index (χ0v) is 7.13. The molecule has 3 nitrogen and oxygen atoms in total. The topological polar surface area (TPSA) is 29.5 Å².